The fraction of sp³-hybridized carbons (Fsp3) is 0.800. The molecule has 5 nitrogen and oxygen atoms in total. The van der Waals surface area contributed by atoms with Crippen LogP contribution in [0.15, 0.2) is 6.07 Å². The molecule has 1 aromatic heterocycles. The van der Waals surface area contributed by atoms with E-state index in [4.69, 9.17) is 9.47 Å². The van der Waals surface area contributed by atoms with E-state index in [0.29, 0.717) is 12.7 Å². The Bertz CT molecular complexity index is 437. The maximum Gasteiger partial charge on any atom is 0.211 e. The number of hydrogen-bond acceptors (Lipinski definition) is 4. The van der Waals surface area contributed by atoms with Crippen molar-refractivity contribution in [3.63, 3.8) is 0 Å². The minimum atomic E-state index is 0.143. The largest absolute Gasteiger partial charge is 0.475 e. The first-order valence-corrected chi connectivity index (χ1v) is 7.37. The van der Waals surface area contributed by atoms with Crippen LogP contribution >= 0.6 is 0 Å². The van der Waals surface area contributed by atoms with Crippen molar-refractivity contribution < 1.29 is 9.47 Å². The molecule has 1 aromatic rings. The number of hydrogen-bond donors (Lipinski definition) is 1. The lowest BCUT2D eigenvalue weighted by Crippen LogP contribution is -2.41. The Balaban J connectivity index is 1.72. The fourth-order valence-corrected chi connectivity index (χ4v) is 2.37. The molecule has 0 spiro atoms. The van der Waals surface area contributed by atoms with Gasteiger partial charge in [-0.2, -0.15) is 5.10 Å². The van der Waals surface area contributed by atoms with Gasteiger partial charge in [-0.25, -0.2) is 4.68 Å². The van der Waals surface area contributed by atoms with Gasteiger partial charge >= 0.3 is 0 Å². The van der Waals surface area contributed by atoms with Crippen LogP contribution in [0.1, 0.15) is 39.3 Å². The van der Waals surface area contributed by atoms with E-state index in [1.54, 1.807) is 4.68 Å². The zero-order valence-corrected chi connectivity index (χ0v) is 13.3. The highest BCUT2D eigenvalue weighted by molar-refractivity contribution is 5.14. The molecule has 2 unspecified atom stereocenters. The summed E-state index contributed by atoms with van der Waals surface area (Å²) in [6.07, 6.45) is 2.66. The van der Waals surface area contributed by atoms with Crippen LogP contribution in [0, 0.1) is 6.92 Å². The van der Waals surface area contributed by atoms with Crippen molar-refractivity contribution in [1.82, 2.24) is 15.1 Å². The summed E-state index contributed by atoms with van der Waals surface area (Å²) in [4.78, 5) is 0. The predicted molar refractivity (Wildman–Crippen MR) is 79.1 cm³/mol. The fourth-order valence-electron chi connectivity index (χ4n) is 2.37. The van der Waals surface area contributed by atoms with Crippen molar-refractivity contribution in [2.24, 2.45) is 7.05 Å². The average Bonchev–Trinajstić information content (AvgIpc) is 2.90. The Hall–Kier alpha value is -1.07. The Kier molecular flexibility index (Phi) is 4.70. The smallest absolute Gasteiger partial charge is 0.211 e. The lowest BCUT2D eigenvalue weighted by atomic mass is 10.1. The molecule has 0 radical (unpaired) electrons. The molecule has 1 N–H and O–H groups in total. The third-order valence-corrected chi connectivity index (χ3v) is 3.43. The van der Waals surface area contributed by atoms with E-state index in [0.717, 1.165) is 31.0 Å². The van der Waals surface area contributed by atoms with Gasteiger partial charge in [0.1, 0.15) is 6.61 Å². The van der Waals surface area contributed by atoms with Gasteiger partial charge in [0.15, 0.2) is 0 Å². The molecule has 20 heavy (non-hydrogen) atoms. The quantitative estimate of drug-likeness (QED) is 0.897. The third-order valence-electron chi connectivity index (χ3n) is 3.43. The molecule has 0 bridgehead atoms. The molecule has 0 saturated carbocycles. The summed E-state index contributed by atoms with van der Waals surface area (Å²) in [7, 11) is 1.90. The minimum Gasteiger partial charge on any atom is -0.475 e. The molecule has 1 saturated heterocycles. The van der Waals surface area contributed by atoms with Crippen LogP contribution in [0.25, 0.3) is 0 Å². The van der Waals surface area contributed by atoms with Crippen LogP contribution in [-0.4, -0.2) is 40.7 Å². The maximum absolute atomic E-state index is 6.01. The third kappa shape index (κ3) is 4.49. The highest BCUT2D eigenvalue weighted by Crippen LogP contribution is 2.21. The minimum absolute atomic E-state index is 0.143. The van der Waals surface area contributed by atoms with E-state index in [-0.39, 0.29) is 11.6 Å². The highest BCUT2D eigenvalue weighted by atomic mass is 16.5. The van der Waals surface area contributed by atoms with Crippen LogP contribution < -0.4 is 10.1 Å². The van der Waals surface area contributed by atoms with Crippen LogP contribution in [0.3, 0.4) is 0 Å². The van der Waals surface area contributed by atoms with Gasteiger partial charge in [0, 0.05) is 25.2 Å². The normalized spacial score (nSPS) is 23.2. The second-order valence-electron chi connectivity index (χ2n) is 6.65. The van der Waals surface area contributed by atoms with Crippen molar-refractivity contribution >= 4 is 0 Å². The van der Waals surface area contributed by atoms with Gasteiger partial charge in [-0.05, 0) is 40.5 Å². The van der Waals surface area contributed by atoms with Crippen LogP contribution in [-0.2, 0) is 11.8 Å². The second-order valence-corrected chi connectivity index (χ2v) is 6.65. The maximum atomic E-state index is 6.01. The number of rotatable bonds is 5. The molecular formula is C15H27N3O2. The van der Waals surface area contributed by atoms with Crippen molar-refractivity contribution in [2.45, 2.75) is 58.3 Å². The monoisotopic (exact) mass is 281 g/mol. The summed E-state index contributed by atoms with van der Waals surface area (Å²) < 4.78 is 13.6. The molecule has 2 atom stereocenters. The summed E-state index contributed by atoms with van der Waals surface area (Å²) in [5.74, 6) is 0.808. The molecule has 114 valence electrons. The average molecular weight is 281 g/mol. The van der Waals surface area contributed by atoms with Crippen LogP contribution in [0.4, 0.5) is 0 Å². The Morgan fingerprint density at radius 2 is 2.10 bits per heavy atom. The van der Waals surface area contributed by atoms with E-state index in [2.05, 4.69) is 31.2 Å². The van der Waals surface area contributed by atoms with Gasteiger partial charge < -0.3 is 14.8 Å². The van der Waals surface area contributed by atoms with E-state index < -0.39 is 0 Å². The summed E-state index contributed by atoms with van der Waals surface area (Å²) in [5, 5.41) is 7.76. The molecular weight excluding hydrogens is 254 g/mol. The zero-order valence-electron chi connectivity index (χ0n) is 13.3. The number of aromatic nitrogens is 2. The summed E-state index contributed by atoms with van der Waals surface area (Å²) in [6, 6.07) is 1.95. The van der Waals surface area contributed by atoms with E-state index >= 15 is 0 Å². The van der Waals surface area contributed by atoms with Crippen molar-refractivity contribution in [1.29, 1.82) is 0 Å². The number of nitrogens with zero attached hydrogens (tertiary/aromatic N) is 2. The van der Waals surface area contributed by atoms with Gasteiger partial charge in [0.05, 0.1) is 17.9 Å². The molecule has 5 heteroatoms. The second kappa shape index (κ2) is 6.14. The van der Waals surface area contributed by atoms with Gasteiger partial charge in [-0.1, -0.05) is 0 Å². The molecule has 0 amide bonds. The Labute approximate surface area is 121 Å². The summed E-state index contributed by atoms with van der Waals surface area (Å²) >= 11 is 0. The number of nitrogens with one attached hydrogen (secondary N) is 1. The standard InChI is InChI=1S/C15H27N3O2/c1-11-8-14(18(5)17-11)19-10-13-7-6-12(20-13)9-16-15(2,3)4/h8,12-13,16H,6-7,9-10H2,1-5H3. The molecule has 1 aliphatic heterocycles. The number of ether oxygens (including phenoxy) is 2. The molecule has 1 aliphatic rings. The Morgan fingerprint density at radius 3 is 2.70 bits per heavy atom. The van der Waals surface area contributed by atoms with E-state index in [1.807, 2.05) is 20.0 Å². The van der Waals surface area contributed by atoms with Crippen molar-refractivity contribution in [2.75, 3.05) is 13.2 Å². The molecule has 2 rings (SSSR count). The van der Waals surface area contributed by atoms with Crippen LogP contribution in [0.5, 0.6) is 5.88 Å². The van der Waals surface area contributed by atoms with Gasteiger partial charge in [0.2, 0.25) is 5.88 Å². The summed E-state index contributed by atoms with van der Waals surface area (Å²) in [6.45, 7) is 10.00. The summed E-state index contributed by atoms with van der Waals surface area (Å²) in [5.41, 5.74) is 1.12. The first-order chi connectivity index (χ1) is 9.33. The molecule has 0 aliphatic carbocycles. The highest BCUT2D eigenvalue weighted by Gasteiger charge is 2.26. The predicted octanol–water partition coefficient (Wildman–Crippen LogP) is 2.04. The van der Waals surface area contributed by atoms with E-state index in [9.17, 15) is 0 Å². The lowest BCUT2D eigenvalue weighted by Gasteiger charge is -2.23. The lowest BCUT2D eigenvalue weighted by molar-refractivity contribution is 0.0145. The Morgan fingerprint density at radius 1 is 1.40 bits per heavy atom. The first kappa shape index (κ1) is 15.3. The molecule has 2 heterocycles. The van der Waals surface area contributed by atoms with Crippen LogP contribution in [0.2, 0.25) is 0 Å². The SMILES string of the molecule is Cc1cc(OCC2CCC(CNC(C)(C)C)O2)n(C)n1. The van der Waals surface area contributed by atoms with Gasteiger partial charge in [-0.3, -0.25) is 0 Å². The number of aryl methyl sites for hydroxylation is 2. The van der Waals surface area contributed by atoms with Crippen molar-refractivity contribution in [3.05, 3.63) is 11.8 Å². The van der Waals surface area contributed by atoms with Crippen molar-refractivity contribution in [3.8, 4) is 5.88 Å². The van der Waals surface area contributed by atoms with E-state index in [1.165, 1.54) is 0 Å². The van der Waals surface area contributed by atoms with Gasteiger partial charge in [-0.15, -0.1) is 0 Å². The zero-order chi connectivity index (χ0) is 14.8. The molecule has 1 fully saturated rings. The molecule has 0 aromatic carbocycles. The first-order valence-electron chi connectivity index (χ1n) is 7.37. The topological polar surface area (TPSA) is 48.3 Å². The van der Waals surface area contributed by atoms with Gasteiger partial charge in [0.25, 0.3) is 0 Å².